The number of fused-ring (bicyclic) bond motifs is 1. The Balaban J connectivity index is 1.47. The number of amides is 1. The van der Waals surface area contributed by atoms with Crippen LogP contribution in [0, 0.1) is 5.92 Å². The lowest BCUT2D eigenvalue weighted by Gasteiger charge is -2.15. The van der Waals surface area contributed by atoms with E-state index in [9.17, 15) is 14.7 Å². The molecule has 6 heteroatoms. The lowest BCUT2D eigenvalue weighted by Crippen LogP contribution is -2.32. The molecule has 0 aliphatic rings. The molecule has 2 N–H and O–H groups in total. The zero-order chi connectivity index (χ0) is 24.9. The Morgan fingerprint density at radius 1 is 0.971 bits per heavy atom. The van der Waals surface area contributed by atoms with E-state index in [2.05, 4.69) is 24.1 Å². The molecule has 4 rings (SSSR count). The average Bonchev–Trinajstić information content (AvgIpc) is 3.25. The Labute approximate surface area is 205 Å². The van der Waals surface area contributed by atoms with Crippen LogP contribution in [0.4, 0.5) is 0 Å². The first kappa shape index (κ1) is 24.2. The molecular formula is C29H31N3O3. The number of carboxylic acid groups (broad SMARTS) is 1. The standard InChI is InChI=1S/C29H31N3O3/c1-19(2)8-9-20(3)31-28(33)23-14-15-27-26(16-23)30-18-32(27)17-21-10-12-22(13-11-21)24-6-4-5-7-25(24)29(34)35/h4-7,10-16,18-20H,8-9,17H2,1-3H3,(H,31,33)(H,34,35)/t20-/m0/s1. The van der Waals surface area contributed by atoms with Crippen LogP contribution in [0.25, 0.3) is 22.2 Å². The first-order valence-electron chi connectivity index (χ1n) is 12.0. The molecule has 0 aliphatic heterocycles. The van der Waals surface area contributed by atoms with E-state index >= 15 is 0 Å². The highest BCUT2D eigenvalue weighted by Gasteiger charge is 2.14. The van der Waals surface area contributed by atoms with E-state index in [1.54, 1.807) is 18.5 Å². The van der Waals surface area contributed by atoms with Gasteiger partial charge < -0.3 is 15.0 Å². The number of benzene rings is 3. The minimum absolute atomic E-state index is 0.0741. The number of rotatable bonds is 9. The topological polar surface area (TPSA) is 84.2 Å². The third-order valence-corrected chi connectivity index (χ3v) is 6.21. The first-order chi connectivity index (χ1) is 16.8. The smallest absolute Gasteiger partial charge is 0.336 e. The Bertz CT molecular complexity index is 1340. The van der Waals surface area contributed by atoms with E-state index < -0.39 is 5.97 Å². The van der Waals surface area contributed by atoms with E-state index in [4.69, 9.17) is 0 Å². The van der Waals surface area contributed by atoms with Crippen LogP contribution < -0.4 is 5.32 Å². The number of aromatic carboxylic acids is 1. The number of hydrogen-bond donors (Lipinski definition) is 2. The van der Waals surface area contributed by atoms with Gasteiger partial charge in [0.1, 0.15) is 0 Å². The van der Waals surface area contributed by atoms with Gasteiger partial charge >= 0.3 is 5.97 Å². The number of nitrogens with one attached hydrogen (secondary N) is 1. The highest BCUT2D eigenvalue weighted by molar-refractivity contribution is 5.97. The summed E-state index contributed by atoms with van der Waals surface area (Å²) in [6.45, 7) is 7.03. The van der Waals surface area contributed by atoms with E-state index in [1.807, 2.05) is 66.1 Å². The summed E-state index contributed by atoms with van der Waals surface area (Å²) in [5.41, 5.74) is 5.26. The third-order valence-electron chi connectivity index (χ3n) is 6.21. The van der Waals surface area contributed by atoms with Gasteiger partial charge in [-0.15, -0.1) is 0 Å². The SMILES string of the molecule is CC(C)CC[C@H](C)NC(=O)c1ccc2c(c1)ncn2Cc1ccc(-c2ccccc2C(=O)O)cc1. The van der Waals surface area contributed by atoms with Crippen LogP contribution in [0.2, 0.25) is 0 Å². The van der Waals surface area contributed by atoms with Gasteiger partial charge in [-0.3, -0.25) is 4.79 Å². The van der Waals surface area contributed by atoms with Gasteiger partial charge in [0.15, 0.2) is 0 Å². The van der Waals surface area contributed by atoms with Gasteiger partial charge in [-0.05, 0) is 66.6 Å². The van der Waals surface area contributed by atoms with Crippen molar-refractivity contribution < 1.29 is 14.7 Å². The number of carbonyl (C=O) groups excluding carboxylic acids is 1. The molecule has 0 spiro atoms. The molecule has 1 atom stereocenters. The molecular weight excluding hydrogens is 438 g/mol. The second-order valence-electron chi connectivity index (χ2n) is 9.47. The minimum atomic E-state index is -0.937. The van der Waals surface area contributed by atoms with Crippen molar-refractivity contribution in [1.29, 1.82) is 0 Å². The Morgan fingerprint density at radius 2 is 1.71 bits per heavy atom. The van der Waals surface area contributed by atoms with Crippen molar-refractivity contribution in [1.82, 2.24) is 14.9 Å². The summed E-state index contributed by atoms with van der Waals surface area (Å²) in [4.78, 5) is 28.7. The van der Waals surface area contributed by atoms with Crippen LogP contribution >= 0.6 is 0 Å². The van der Waals surface area contributed by atoms with Crippen LogP contribution in [-0.2, 0) is 6.54 Å². The zero-order valence-electron chi connectivity index (χ0n) is 20.4. The van der Waals surface area contributed by atoms with Crippen molar-refractivity contribution in [3.8, 4) is 11.1 Å². The monoisotopic (exact) mass is 469 g/mol. The van der Waals surface area contributed by atoms with E-state index in [0.717, 1.165) is 35.0 Å². The molecule has 0 aliphatic carbocycles. The second-order valence-corrected chi connectivity index (χ2v) is 9.47. The summed E-state index contributed by atoms with van der Waals surface area (Å²) in [6.07, 6.45) is 3.82. The predicted octanol–water partition coefficient (Wildman–Crippen LogP) is 6.00. The molecule has 180 valence electrons. The molecule has 0 saturated carbocycles. The van der Waals surface area contributed by atoms with Crippen LogP contribution in [0.15, 0.2) is 73.1 Å². The summed E-state index contributed by atoms with van der Waals surface area (Å²) in [5.74, 6) is -0.394. The number of nitrogens with zero attached hydrogens (tertiary/aromatic N) is 2. The van der Waals surface area contributed by atoms with E-state index in [0.29, 0.717) is 23.6 Å². The lowest BCUT2D eigenvalue weighted by molar-refractivity contribution is 0.0697. The predicted molar refractivity (Wildman–Crippen MR) is 139 cm³/mol. The van der Waals surface area contributed by atoms with Gasteiger partial charge in [0.25, 0.3) is 5.91 Å². The van der Waals surface area contributed by atoms with Crippen molar-refractivity contribution >= 4 is 22.9 Å². The Hall–Kier alpha value is -3.93. The van der Waals surface area contributed by atoms with E-state index in [1.165, 1.54) is 0 Å². The van der Waals surface area contributed by atoms with Crippen LogP contribution in [0.1, 0.15) is 59.9 Å². The summed E-state index contributed by atoms with van der Waals surface area (Å²) < 4.78 is 2.04. The fourth-order valence-corrected chi connectivity index (χ4v) is 4.20. The molecule has 6 nitrogen and oxygen atoms in total. The van der Waals surface area contributed by atoms with Gasteiger partial charge in [0.05, 0.1) is 22.9 Å². The highest BCUT2D eigenvalue weighted by atomic mass is 16.4. The van der Waals surface area contributed by atoms with Gasteiger partial charge in [0.2, 0.25) is 0 Å². The van der Waals surface area contributed by atoms with E-state index in [-0.39, 0.29) is 17.5 Å². The van der Waals surface area contributed by atoms with Gasteiger partial charge in [-0.2, -0.15) is 0 Å². The second kappa shape index (κ2) is 10.6. The van der Waals surface area contributed by atoms with Crippen molar-refractivity contribution in [3.63, 3.8) is 0 Å². The van der Waals surface area contributed by atoms with Gasteiger partial charge in [-0.25, -0.2) is 9.78 Å². The maximum Gasteiger partial charge on any atom is 0.336 e. The summed E-state index contributed by atoms with van der Waals surface area (Å²) >= 11 is 0. The third kappa shape index (κ3) is 5.77. The van der Waals surface area contributed by atoms with Crippen molar-refractivity contribution in [2.24, 2.45) is 5.92 Å². The number of carbonyl (C=O) groups is 2. The fraction of sp³-hybridized carbons (Fsp3) is 0.276. The quantitative estimate of drug-likeness (QED) is 0.315. The molecule has 4 aromatic rings. The normalized spacial score (nSPS) is 12.1. The van der Waals surface area contributed by atoms with Crippen LogP contribution in [-0.4, -0.2) is 32.6 Å². The number of hydrogen-bond acceptors (Lipinski definition) is 3. The molecule has 0 unspecified atom stereocenters. The molecule has 0 radical (unpaired) electrons. The molecule has 3 aromatic carbocycles. The number of aromatic nitrogens is 2. The molecule has 35 heavy (non-hydrogen) atoms. The van der Waals surface area contributed by atoms with Crippen molar-refractivity contribution in [2.45, 2.75) is 46.2 Å². The Morgan fingerprint density at radius 3 is 2.43 bits per heavy atom. The molecule has 1 aromatic heterocycles. The van der Waals surface area contributed by atoms with Gasteiger partial charge in [0, 0.05) is 18.2 Å². The fourth-order valence-electron chi connectivity index (χ4n) is 4.20. The first-order valence-corrected chi connectivity index (χ1v) is 12.0. The minimum Gasteiger partial charge on any atom is -0.478 e. The molecule has 0 bridgehead atoms. The maximum atomic E-state index is 12.7. The summed E-state index contributed by atoms with van der Waals surface area (Å²) in [5, 5.41) is 12.5. The average molecular weight is 470 g/mol. The summed E-state index contributed by atoms with van der Waals surface area (Å²) in [6, 6.07) is 20.6. The molecule has 1 amide bonds. The Kier molecular flexibility index (Phi) is 7.30. The maximum absolute atomic E-state index is 12.7. The lowest BCUT2D eigenvalue weighted by atomic mass is 9.99. The van der Waals surface area contributed by atoms with Crippen LogP contribution in [0.5, 0.6) is 0 Å². The van der Waals surface area contributed by atoms with Gasteiger partial charge in [-0.1, -0.05) is 56.3 Å². The van der Waals surface area contributed by atoms with Crippen molar-refractivity contribution in [3.05, 3.63) is 89.7 Å². The molecule has 0 saturated heterocycles. The molecule has 0 fully saturated rings. The zero-order valence-corrected chi connectivity index (χ0v) is 20.4. The highest BCUT2D eigenvalue weighted by Crippen LogP contribution is 2.25. The van der Waals surface area contributed by atoms with Crippen LogP contribution in [0.3, 0.4) is 0 Å². The van der Waals surface area contributed by atoms with Crippen molar-refractivity contribution in [2.75, 3.05) is 0 Å². The number of imidazole rings is 1. The molecule has 1 heterocycles. The summed E-state index contributed by atoms with van der Waals surface area (Å²) in [7, 11) is 0. The largest absolute Gasteiger partial charge is 0.478 e. The number of carboxylic acids is 1.